The molecule has 1 fully saturated rings. The predicted octanol–water partition coefficient (Wildman–Crippen LogP) is 0.844. The van der Waals surface area contributed by atoms with E-state index in [0.717, 1.165) is 13.0 Å². The summed E-state index contributed by atoms with van der Waals surface area (Å²) in [6.45, 7) is 3.11. The summed E-state index contributed by atoms with van der Waals surface area (Å²) < 4.78 is 31.9. The first-order valence-corrected chi connectivity index (χ1v) is 7.84. The van der Waals surface area contributed by atoms with Crippen molar-refractivity contribution in [2.24, 2.45) is 0 Å². The molecule has 1 aliphatic rings. The van der Waals surface area contributed by atoms with E-state index in [9.17, 15) is 13.2 Å². The van der Waals surface area contributed by atoms with Crippen LogP contribution in [0.15, 0.2) is 23.1 Å². The van der Waals surface area contributed by atoms with Gasteiger partial charge in [-0.25, -0.2) is 17.9 Å². The Bertz CT molecular complexity index is 613. The average Bonchev–Trinajstić information content (AvgIpc) is 2.89. The van der Waals surface area contributed by atoms with E-state index in [0.29, 0.717) is 17.7 Å². The molecule has 1 unspecified atom stereocenters. The van der Waals surface area contributed by atoms with Gasteiger partial charge in [0.25, 0.3) is 0 Å². The summed E-state index contributed by atoms with van der Waals surface area (Å²) in [5.41, 5.74) is 0.859. The van der Waals surface area contributed by atoms with E-state index in [4.69, 9.17) is 0 Å². The zero-order chi connectivity index (χ0) is 14.8. The van der Waals surface area contributed by atoms with E-state index in [1.54, 1.807) is 6.92 Å². The van der Waals surface area contributed by atoms with Gasteiger partial charge in [0.2, 0.25) is 10.0 Å². The van der Waals surface area contributed by atoms with Crippen molar-refractivity contribution in [3.63, 3.8) is 0 Å². The monoisotopic (exact) mass is 334 g/mol. The molecule has 0 aliphatic carbocycles. The van der Waals surface area contributed by atoms with Gasteiger partial charge in [-0.2, -0.15) is 0 Å². The normalized spacial score (nSPS) is 18.1. The minimum Gasteiger partial charge on any atom is -0.465 e. The molecule has 0 aromatic heterocycles. The van der Waals surface area contributed by atoms with Crippen molar-refractivity contribution in [3.8, 4) is 0 Å². The van der Waals surface area contributed by atoms with Gasteiger partial charge in [0, 0.05) is 12.6 Å². The van der Waals surface area contributed by atoms with Gasteiger partial charge in [-0.15, -0.1) is 12.4 Å². The lowest BCUT2D eigenvalue weighted by atomic mass is 10.1. The smallest absolute Gasteiger partial charge is 0.337 e. The second kappa shape index (κ2) is 7.22. The number of carbonyl (C=O) groups is 1. The van der Waals surface area contributed by atoms with Crippen molar-refractivity contribution in [2.75, 3.05) is 20.2 Å². The number of esters is 1. The first-order valence-electron chi connectivity index (χ1n) is 6.36. The lowest BCUT2D eigenvalue weighted by Gasteiger charge is -2.14. The van der Waals surface area contributed by atoms with Crippen LogP contribution < -0.4 is 10.0 Å². The molecule has 1 aliphatic heterocycles. The highest BCUT2D eigenvalue weighted by Gasteiger charge is 2.24. The molecule has 1 saturated heterocycles. The number of hydrogen-bond acceptors (Lipinski definition) is 5. The second-order valence-corrected chi connectivity index (χ2v) is 6.47. The van der Waals surface area contributed by atoms with Gasteiger partial charge in [0.05, 0.1) is 17.6 Å². The molecule has 6 nitrogen and oxygen atoms in total. The molecule has 118 valence electrons. The van der Waals surface area contributed by atoms with Gasteiger partial charge in [-0.3, -0.25) is 0 Å². The lowest BCUT2D eigenvalue weighted by molar-refractivity contribution is 0.0600. The number of benzene rings is 1. The van der Waals surface area contributed by atoms with Crippen molar-refractivity contribution in [1.29, 1.82) is 0 Å². The molecule has 0 saturated carbocycles. The van der Waals surface area contributed by atoms with Crippen LogP contribution in [0.1, 0.15) is 22.3 Å². The van der Waals surface area contributed by atoms with Crippen LogP contribution in [0.4, 0.5) is 0 Å². The van der Waals surface area contributed by atoms with Crippen molar-refractivity contribution in [3.05, 3.63) is 29.3 Å². The maximum atomic E-state index is 12.3. The number of sulfonamides is 1. The van der Waals surface area contributed by atoms with Crippen LogP contribution in [-0.2, 0) is 14.8 Å². The zero-order valence-corrected chi connectivity index (χ0v) is 13.5. The third kappa shape index (κ3) is 4.16. The van der Waals surface area contributed by atoms with Gasteiger partial charge < -0.3 is 10.1 Å². The molecule has 1 atom stereocenters. The number of rotatable bonds is 4. The van der Waals surface area contributed by atoms with Crippen LogP contribution in [0.25, 0.3) is 0 Å². The number of methoxy groups -OCH3 is 1. The summed E-state index contributed by atoms with van der Waals surface area (Å²) in [4.78, 5) is 11.6. The van der Waals surface area contributed by atoms with Crippen LogP contribution >= 0.6 is 12.4 Å². The Morgan fingerprint density at radius 3 is 2.67 bits per heavy atom. The fraction of sp³-hybridized carbons (Fsp3) is 0.462. The predicted molar refractivity (Wildman–Crippen MR) is 81.4 cm³/mol. The highest BCUT2D eigenvalue weighted by molar-refractivity contribution is 7.89. The molecule has 1 aromatic rings. The van der Waals surface area contributed by atoms with E-state index in [2.05, 4.69) is 14.8 Å². The number of hydrogen-bond donors (Lipinski definition) is 2. The third-order valence-corrected chi connectivity index (χ3v) is 4.95. The van der Waals surface area contributed by atoms with Crippen LogP contribution in [0, 0.1) is 6.92 Å². The standard InChI is InChI=1S/C13H18N2O4S.ClH/c1-9-7-10(13(16)19-2)3-4-12(9)20(17,18)15-11-5-6-14-8-11;/h3-4,7,11,14-15H,5-6,8H2,1-2H3;1H. The summed E-state index contributed by atoms with van der Waals surface area (Å²) in [5, 5.41) is 3.10. The average molecular weight is 335 g/mol. The van der Waals surface area contributed by atoms with E-state index in [-0.39, 0.29) is 23.3 Å². The fourth-order valence-corrected chi connectivity index (χ4v) is 3.73. The van der Waals surface area contributed by atoms with Crippen molar-refractivity contribution >= 4 is 28.4 Å². The van der Waals surface area contributed by atoms with Gasteiger partial charge >= 0.3 is 5.97 Å². The summed E-state index contributed by atoms with van der Waals surface area (Å²) in [7, 11) is -2.28. The SMILES string of the molecule is COC(=O)c1ccc(S(=O)(=O)NC2CCNC2)c(C)c1.Cl. The molecular formula is C13H19ClN2O4S. The van der Waals surface area contributed by atoms with Crippen LogP contribution in [-0.4, -0.2) is 40.6 Å². The third-order valence-electron chi connectivity index (χ3n) is 3.27. The first kappa shape index (κ1) is 17.9. The van der Waals surface area contributed by atoms with Crippen molar-refractivity contribution in [2.45, 2.75) is 24.3 Å². The number of nitrogens with one attached hydrogen (secondary N) is 2. The fourth-order valence-electron chi connectivity index (χ4n) is 2.23. The molecule has 0 amide bonds. The largest absolute Gasteiger partial charge is 0.465 e. The van der Waals surface area contributed by atoms with E-state index in [1.165, 1.54) is 25.3 Å². The molecule has 0 spiro atoms. The number of ether oxygens (including phenoxy) is 1. The van der Waals surface area contributed by atoms with Crippen molar-refractivity contribution < 1.29 is 17.9 Å². The highest BCUT2D eigenvalue weighted by Crippen LogP contribution is 2.18. The summed E-state index contributed by atoms with van der Waals surface area (Å²) in [5.74, 6) is -0.481. The van der Waals surface area contributed by atoms with Crippen LogP contribution in [0.3, 0.4) is 0 Å². The maximum absolute atomic E-state index is 12.3. The van der Waals surface area contributed by atoms with Crippen LogP contribution in [0.5, 0.6) is 0 Å². The minimum absolute atomic E-state index is 0. The molecule has 21 heavy (non-hydrogen) atoms. The van der Waals surface area contributed by atoms with Gasteiger partial charge in [-0.1, -0.05) is 0 Å². The minimum atomic E-state index is -3.57. The lowest BCUT2D eigenvalue weighted by Crippen LogP contribution is -2.36. The van der Waals surface area contributed by atoms with E-state index < -0.39 is 16.0 Å². The van der Waals surface area contributed by atoms with E-state index in [1.807, 2.05) is 0 Å². The van der Waals surface area contributed by atoms with E-state index >= 15 is 0 Å². The molecule has 0 bridgehead atoms. The van der Waals surface area contributed by atoms with Gasteiger partial charge in [0.15, 0.2) is 0 Å². The molecule has 8 heteroatoms. The Morgan fingerprint density at radius 1 is 1.43 bits per heavy atom. The number of carbonyl (C=O) groups excluding carboxylic acids is 1. The Hall–Kier alpha value is -1.15. The van der Waals surface area contributed by atoms with Crippen molar-refractivity contribution in [1.82, 2.24) is 10.0 Å². The number of aryl methyl sites for hydroxylation is 1. The maximum Gasteiger partial charge on any atom is 0.337 e. The summed E-state index contributed by atoms with van der Waals surface area (Å²) >= 11 is 0. The van der Waals surface area contributed by atoms with Gasteiger partial charge in [-0.05, 0) is 43.7 Å². The molecular weight excluding hydrogens is 316 g/mol. The Balaban J connectivity index is 0.00000220. The number of halogens is 1. The summed E-state index contributed by atoms with van der Waals surface area (Å²) in [6.07, 6.45) is 0.776. The molecule has 1 aromatic carbocycles. The van der Waals surface area contributed by atoms with Crippen LogP contribution in [0.2, 0.25) is 0 Å². The quantitative estimate of drug-likeness (QED) is 0.797. The molecule has 2 N–H and O–H groups in total. The topological polar surface area (TPSA) is 84.5 Å². The summed E-state index contributed by atoms with van der Waals surface area (Å²) in [6, 6.07) is 4.33. The van der Waals surface area contributed by atoms with Gasteiger partial charge in [0.1, 0.15) is 0 Å². The second-order valence-electron chi connectivity index (χ2n) is 4.78. The zero-order valence-electron chi connectivity index (χ0n) is 11.9. The Kier molecular flexibility index (Phi) is 6.15. The Morgan fingerprint density at radius 2 is 2.14 bits per heavy atom. The molecule has 1 heterocycles. The molecule has 2 rings (SSSR count). The highest BCUT2D eigenvalue weighted by atomic mass is 35.5. The molecule has 0 radical (unpaired) electrons. The Labute approximate surface area is 130 Å². The first-order chi connectivity index (χ1) is 9.44.